The van der Waals surface area contributed by atoms with Crippen molar-refractivity contribution in [2.45, 2.75) is 19.8 Å². The van der Waals surface area contributed by atoms with Gasteiger partial charge in [0.25, 0.3) is 0 Å². The number of carbonyl (C=O) groups is 2. The third-order valence-corrected chi connectivity index (χ3v) is 1.67. The molecule has 4 nitrogen and oxygen atoms in total. The summed E-state index contributed by atoms with van der Waals surface area (Å²) in [4.78, 5) is 30.8. The lowest BCUT2D eigenvalue weighted by atomic mass is 10.2. The van der Waals surface area contributed by atoms with Crippen LogP contribution in [0.5, 0.6) is 0 Å². The molecule has 15 heavy (non-hydrogen) atoms. The Hall–Kier alpha value is -1.84. The molecule has 1 aromatic carbocycles. The van der Waals surface area contributed by atoms with Gasteiger partial charge in [-0.1, -0.05) is 25.1 Å². The van der Waals surface area contributed by atoms with Crippen molar-refractivity contribution in [3.63, 3.8) is 0 Å². The zero-order chi connectivity index (χ0) is 11.1. The second kappa shape index (κ2) is 5.80. The van der Waals surface area contributed by atoms with Crippen molar-refractivity contribution in [1.29, 1.82) is 0 Å². The van der Waals surface area contributed by atoms with Crippen molar-refractivity contribution in [3.8, 4) is 0 Å². The standard InChI is InChI=1S/C11H12O4/c1-2-6-10(12)14-15-11(13)9-7-4-3-5-8-9/h3-5,7-8H,2,6H2,1H3. The van der Waals surface area contributed by atoms with Crippen LogP contribution < -0.4 is 0 Å². The summed E-state index contributed by atoms with van der Waals surface area (Å²) in [5.41, 5.74) is 0.349. The van der Waals surface area contributed by atoms with Gasteiger partial charge in [-0.3, -0.25) is 0 Å². The molecular formula is C11H12O4. The van der Waals surface area contributed by atoms with E-state index >= 15 is 0 Å². The van der Waals surface area contributed by atoms with Gasteiger partial charge in [0.2, 0.25) is 0 Å². The predicted molar refractivity (Wildman–Crippen MR) is 52.9 cm³/mol. The first-order chi connectivity index (χ1) is 7.24. The van der Waals surface area contributed by atoms with Crippen LogP contribution in [0.1, 0.15) is 30.1 Å². The molecule has 0 atom stereocenters. The van der Waals surface area contributed by atoms with Gasteiger partial charge in [0, 0.05) is 6.42 Å². The molecule has 0 unspecified atom stereocenters. The maximum atomic E-state index is 11.3. The highest BCUT2D eigenvalue weighted by Crippen LogP contribution is 2.02. The number of carbonyl (C=O) groups excluding carboxylic acids is 2. The van der Waals surface area contributed by atoms with Crippen molar-refractivity contribution >= 4 is 11.9 Å². The molecule has 0 aliphatic rings. The van der Waals surface area contributed by atoms with Crippen LogP contribution in [0.4, 0.5) is 0 Å². The maximum absolute atomic E-state index is 11.3. The third kappa shape index (κ3) is 3.81. The van der Waals surface area contributed by atoms with Crippen LogP contribution in [0.2, 0.25) is 0 Å². The minimum atomic E-state index is -0.667. The normalized spacial score (nSPS) is 9.40. The summed E-state index contributed by atoms with van der Waals surface area (Å²) in [6, 6.07) is 8.33. The highest BCUT2D eigenvalue weighted by molar-refractivity contribution is 5.89. The summed E-state index contributed by atoms with van der Waals surface area (Å²) in [5.74, 6) is -1.21. The lowest BCUT2D eigenvalue weighted by Crippen LogP contribution is -2.10. The maximum Gasteiger partial charge on any atom is 0.386 e. The first kappa shape index (κ1) is 11.2. The van der Waals surface area contributed by atoms with E-state index < -0.39 is 11.9 Å². The molecule has 1 rings (SSSR count). The highest BCUT2D eigenvalue weighted by atomic mass is 17.2. The first-order valence-corrected chi connectivity index (χ1v) is 4.70. The largest absolute Gasteiger partial charge is 0.386 e. The van der Waals surface area contributed by atoms with E-state index in [4.69, 9.17) is 0 Å². The lowest BCUT2D eigenvalue weighted by Gasteiger charge is -2.01. The fourth-order valence-corrected chi connectivity index (χ4v) is 0.952. The van der Waals surface area contributed by atoms with Gasteiger partial charge < -0.3 is 0 Å². The van der Waals surface area contributed by atoms with Gasteiger partial charge in [0.1, 0.15) is 0 Å². The van der Waals surface area contributed by atoms with Crippen LogP contribution in [0.25, 0.3) is 0 Å². The molecule has 4 heteroatoms. The van der Waals surface area contributed by atoms with E-state index in [0.717, 1.165) is 0 Å². The summed E-state index contributed by atoms with van der Waals surface area (Å²) in [7, 11) is 0. The van der Waals surface area contributed by atoms with Gasteiger partial charge in [-0.25, -0.2) is 19.4 Å². The van der Waals surface area contributed by atoms with Gasteiger partial charge in [-0.2, -0.15) is 0 Å². The van der Waals surface area contributed by atoms with Gasteiger partial charge in [0.05, 0.1) is 5.56 Å². The average Bonchev–Trinajstić information content (AvgIpc) is 2.27. The fraction of sp³-hybridized carbons (Fsp3) is 0.273. The summed E-state index contributed by atoms with van der Waals surface area (Å²) >= 11 is 0. The lowest BCUT2D eigenvalue weighted by molar-refractivity contribution is -0.234. The minimum absolute atomic E-state index is 0.238. The summed E-state index contributed by atoms with van der Waals surface area (Å²) in [5, 5.41) is 0. The fourth-order valence-electron chi connectivity index (χ4n) is 0.952. The van der Waals surface area contributed by atoms with E-state index in [-0.39, 0.29) is 6.42 Å². The quantitative estimate of drug-likeness (QED) is 0.563. The Kier molecular flexibility index (Phi) is 4.34. The van der Waals surface area contributed by atoms with E-state index in [2.05, 4.69) is 9.78 Å². The molecule has 0 spiro atoms. The molecule has 0 aliphatic heterocycles. The van der Waals surface area contributed by atoms with Crippen LogP contribution in [-0.4, -0.2) is 11.9 Å². The molecular weight excluding hydrogens is 196 g/mol. The van der Waals surface area contributed by atoms with Crippen molar-refractivity contribution in [2.75, 3.05) is 0 Å². The smallest absolute Gasteiger partial charge is 0.247 e. The molecule has 0 aliphatic carbocycles. The summed E-state index contributed by atoms with van der Waals surface area (Å²) in [6.45, 7) is 1.83. The van der Waals surface area contributed by atoms with Crippen LogP contribution in [0.3, 0.4) is 0 Å². The van der Waals surface area contributed by atoms with E-state index in [1.54, 1.807) is 30.3 Å². The third-order valence-electron chi connectivity index (χ3n) is 1.67. The summed E-state index contributed by atoms with van der Waals surface area (Å²) < 4.78 is 0. The Balaban J connectivity index is 2.40. The van der Waals surface area contributed by atoms with Crippen LogP contribution in [0.15, 0.2) is 30.3 Å². The Bertz CT molecular complexity index is 332. The van der Waals surface area contributed by atoms with Crippen LogP contribution >= 0.6 is 0 Å². The van der Waals surface area contributed by atoms with Crippen LogP contribution in [0, 0.1) is 0 Å². The van der Waals surface area contributed by atoms with Gasteiger partial charge in [-0.15, -0.1) is 0 Å². The van der Waals surface area contributed by atoms with Gasteiger partial charge in [-0.05, 0) is 18.6 Å². The van der Waals surface area contributed by atoms with E-state index in [0.29, 0.717) is 12.0 Å². The van der Waals surface area contributed by atoms with E-state index in [1.807, 2.05) is 6.92 Å². The average molecular weight is 208 g/mol. The van der Waals surface area contributed by atoms with Crippen molar-refractivity contribution in [1.82, 2.24) is 0 Å². The van der Waals surface area contributed by atoms with E-state index in [1.165, 1.54) is 0 Å². The topological polar surface area (TPSA) is 52.6 Å². The number of hydrogen-bond donors (Lipinski definition) is 0. The number of hydrogen-bond acceptors (Lipinski definition) is 4. The molecule has 1 aromatic rings. The second-order valence-electron chi connectivity index (χ2n) is 2.94. The Morgan fingerprint density at radius 2 is 1.80 bits per heavy atom. The van der Waals surface area contributed by atoms with E-state index in [9.17, 15) is 9.59 Å². The second-order valence-corrected chi connectivity index (χ2v) is 2.94. The monoisotopic (exact) mass is 208 g/mol. The zero-order valence-electron chi connectivity index (χ0n) is 8.43. The van der Waals surface area contributed by atoms with Crippen LogP contribution in [-0.2, 0) is 14.6 Å². The predicted octanol–water partition coefficient (Wildman–Crippen LogP) is 2.10. The Morgan fingerprint density at radius 1 is 1.13 bits per heavy atom. The molecule has 0 fully saturated rings. The van der Waals surface area contributed by atoms with Crippen molar-refractivity contribution in [2.24, 2.45) is 0 Å². The molecule has 80 valence electrons. The molecule has 0 saturated carbocycles. The molecule has 0 heterocycles. The van der Waals surface area contributed by atoms with Crippen molar-refractivity contribution < 1.29 is 19.4 Å². The Morgan fingerprint density at radius 3 is 2.40 bits per heavy atom. The first-order valence-electron chi connectivity index (χ1n) is 4.70. The number of benzene rings is 1. The van der Waals surface area contributed by atoms with Gasteiger partial charge in [0.15, 0.2) is 0 Å². The minimum Gasteiger partial charge on any atom is -0.247 e. The molecule has 0 amide bonds. The highest BCUT2D eigenvalue weighted by Gasteiger charge is 2.10. The Labute approximate surface area is 87.7 Å². The molecule has 0 N–H and O–H groups in total. The van der Waals surface area contributed by atoms with Gasteiger partial charge >= 0.3 is 11.9 Å². The number of rotatable bonds is 3. The molecule has 0 bridgehead atoms. The zero-order valence-corrected chi connectivity index (χ0v) is 8.43. The van der Waals surface area contributed by atoms with Crippen molar-refractivity contribution in [3.05, 3.63) is 35.9 Å². The molecule has 0 saturated heterocycles. The summed E-state index contributed by atoms with van der Waals surface area (Å²) in [6.07, 6.45) is 0.893. The SMILES string of the molecule is CCCC(=O)OOC(=O)c1ccccc1. The molecule has 0 radical (unpaired) electrons. The molecule has 0 aromatic heterocycles.